The van der Waals surface area contributed by atoms with E-state index in [9.17, 15) is 18.4 Å². The maximum absolute atomic E-state index is 12.8. The smallest absolute Gasteiger partial charge is 0.387 e. The summed E-state index contributed by atoms with van der Waals surface area (Å²) in [5, 5.41) is 2.67. The molecule has 0 spiro atoms. The number of nitrogens with zero attached hydrogens (tertiary/aromatic N) is 1. The van der Waals surface area contributed by atoms with Gasteiger partial charge < -0.3 is 19.7 Å². The van der Waals surface area contributed by atoms with E-state index >= 15 is 0 Å². The second-order valence-electron chi connectivity index (χ2n) is 6.40. The summed E-state index contributed by atoms with van der Waals surface area (Å²) in [6.07, 6.45) is 1.22. The molecule has 0 aliphatic carbocycles. The fraction of sp³-hybridized carbons (Fsp3) is 0.300. The standard InChI is InChI=1S/C20H19BrF2N2O4/c1-28-16-9-8-14(11-17(16)29-20(22)23)24-18(26)15-3-2-10-25(15)19(27)12-4-6-13(21)7-5-12/h4-9,11,15,20H,2-3,10H2,1H3,(H,24,26). The van der Waals surface area contributed by atoms with Crippen molar-refractivity contribution in [1.29, 1.82) is 0 Å². The third kappa shape index (κ3) is 5.03. The Morgan fingerprint density at radius 3 is 2.55 bits per heavy atom. The number of hydrogen-bond acceptors (Lipinski definition) is 4. The van der Waals surface area contributed by atoms with Crippen LogP contribution in [0.1, 0.15) is 23.2 Å². The van der Waals surface area contributed by atoms with Crippen LogP contribution in [0.2, 0.25) is 0 Å². The van der Waals surface area contributed by atoms with E-state index in [1.54, 1.807) is 24.3 Å². The molecule has 6 nitrogen and oxygen atoms in total. The third-order valence-electron chi connectivity index (χ3n) is 4.55. The van der Waals surface area contributed by atoms with Crippen molar-refractivity contribution in [3.63, 3.8) is 0 Å². The van der Waals surface area contributed by atoms with E-state index < -0.39 is 12.7 Å². The number of alkyl halides is 2. The van der Waals surface area contributed by atoms with Crippen molar-refractivity contribution < 1.29 is 27.8 Å². The predicted octanol–water partition coefficient (Wildman–Crippen LogP) is 4.30. The van der Waals surface area contributed by atoms with Gasteiger partial charge in [0.2, 0.25) is 5.91 Å². The normalized spacial score (nSPS) is 16.0. The highest BCUT2D eigenvalue weighted by atomic mass is 79.9. The maximum Gasteiger partial charge on any atom is 0.387 e. The average molecular weight is 469 g/mol. The monoisotopic (exact) mass is 468 g/mol. The van der Waals surface area contributed by atoms with Crippen LogP contribution in [0.15, 0.2) is 46.9 Å². The highest BCUT2D eigenvalue weighted by Gasteiger charge is 2.34. The van der Waals surface area contributed by atoms with E-state index in [0.29, 0.717) is 24.9 Å². The van der Waals surface area contributed by atoms with Gasteiger partial charge in [-0.1, -0.05) is 15.9 Å². The van der Waals surface area contributed by atoms with Crippen LogP contribution in [0.25, 0.3) is 0 Å². The van der Waals surface area contributed by atoms with Crippen molar-refractivity contribution in [3.8, 4) is 11.5 Å². The van der Waals surface area contributed by atoms with Gasteiger partial charge in [0.25, 0.3) is 5.91 Å². The summed E-state index contributed by atoms with van der Waals surface area (Å²) < 4.78 is 35.5. The molecule has 1 aliphatic heterocycles. The van der Waals surface area contributed by atoms with Crippen LogP contribution in [0.5, 0.6) is 11.5 Å². The Hall–Kier alpha value is -2.68. The molecule has 1 unspecified atom stereocenters. The minimum atomic E-state index is -3.02. The average Bonchev–Trinajstić information content (AvgIpc) is 3.18. The predicted molar refractivity (Wildman–Crippen MR) is 106 cm³/mol. The lowest BCUT2D eigenvalue weighted by Gasteiger charge is -2.24. The summed E-state index contributed by atoms with van der Waals surface area (Å²) in [5.74, 6) is -0.682. The molecule has 2 aromatic rings. The number of anilines is 1. The second-order valence-corrected chi connectivity index (χ2v) is 7.31. The summed E-state index contributed by atoms with van der Waals surface area (Å²) in [6.45, 7) is -2.56. The number of rotatable bonds is 6. The lowest BCUT2D eigenvalue weighted by Crippen LogP contribution is -2.43. The number of methoxy groups -OCH3 is 1. The molecule has 2 amide bonds. The Labute approximate surface area is 174 Å². The zero-order valence-electron chi connectivity index (χ0n) is 15.5. The topological polar surface area (TPSA) is 67.9 Å². The maximum atomic E-state index is 12.8. The SMILES string of the molecule is COc1ccc(NC(=O)C2CCCN2C(=O)c2ccc(Br)cc2)cc1OC(F)F. The highest BCUT2D eigenvalue weighted by Crippen LogP contribution is 2.32. The molecule has 0 aromatic heterocycles. The quantitative estimate of drug-likeness (QED) is 0.685. The first-order chi connectivity index (χ1) is 13.9. The van der Waals surface area contributed by atoms with Crippen molar-refractivity contribution in [2.75, 3.05) is 19.0 Å². The molecule has 29 heavy (non-hydrogen) atoms. The number of carbonyl (C=O) groups is 2. The number of ether oxygens (including phenoxy) is 2. The number of halogens is 3. The van der Waals surface area contributed by atoms with Crippen molar-refractivity contribution in [3.05, 3.63) is 52.5 Å². The molecule has 1 atom stereocenters. The van der Waals surface area contributed by atoms with Gasteiger partial charge in [-0.05, 0) is 49.2 Å². The molecule has 0 bridgehead atoms. The molecule has 0 radical (unpaired) electrons. The van der Waals surface area contributed by atoms with Crippen molar-refractivity contribution >= 4 is 33.4 Å². The third-order valence-corrected chi connectivity index (χ3v) is 5.08. The fourth-order valence-electron chi connectivity index (χ4n) is 3.21. The van der Waals surface area contributed by atoms with Crippen LogP contribution < -0.4 is 14.8 Å². The van der Waals surface area contributed by atoms with E-state index in [4.69, 9.17) is 4.74 Å². The summed E-state index contributed by atoms with van der Waals surface area (Å²) in [5.41, 5.74) is 0.763. The molecular weight excluding hydrogens is 450 g/mol. The summed E-state index contributed by atoms with van der Waals surface area (Å²) >= 11 is 3.33. The Kier molecular flexibility index (Phi) is 6.68. The number of hydrogen-bond donors (Lipinski definition) is 1. The number of nitrogens with one attached hydrogen (secondary N) is 1. The van der Waals surface area contributed by atoms with Crippen LogP contribution in [0, 0.1) is 0 Å². The summed E-state index contributed by atoms with van der Waals surface area (Å²) in [7, 11) is 1.33. The minimum absolute atomic E-state index is 0.121. The number of benzene rings is 2. The van der Waals surface area contributed by atoms with Gasteiger partial charge in [0.15, 0.2) is 11.5 Å². The number of likely N-dealkylation sites (tertiary alicyclic amines) is 1. The number of carbonyl (C=O) groups excluding carboxylic acids is 2. The Balaban J connectivity index is 1.74. The lowest BCUT2D eigenvalue weighted by atomic mass is 10.1. The summed E-state index contributed by atoms with van der Waals surface area (Å²) in [4.78, 5) is 27.1. The van der Waals surface area contributed by atoms with Gasteiger partial charge in [-0.15, -0.1) is 0 Å². The molecule has 3 rings (SSSR count). The highest BCUT2D eigenvalue weighted by molar-refractivity contribution is 9.10. The van der Waals surface area contributed by atoms with Gasteiger partial charge in [-0.25, -0.2) is 0 Å². The van der Waals surface area contributed by atoms with Crippen LogP contribution in [0.3, 0.4) is 0 Å². The lowest BCUT2D eigenvalue weighted by molar-refractivity contribution is -0.119. The first-order valence-corrected chi connectivity index (χ1v) is 9.68. The van der Waals surface area contributed by atoms with Gasteiger partial charge >= 0.3 is 6.61 Å². The van der Waals surface area contributed by atoms with E-state index in [1.165, 1.54) is 30.2 Å². The van der Waals surface area contributed by atoms with Crippen LogP contribution >= 0.6 is 15.9 Å². The molecule has 1 saturated heterocycles. The van der Waals surface area contributed by atoms with Gasteiger partial charge in [0, 0.05) is 28.3 Å². The Bertz CT molecular complexity index is 893. The molecule has 9 heteroatoms. The van der Waals surface area contributed by atoms with Crippen molar-refractivity contribution in [2.45, 2.75) is 25.5 Å². The van der Waals surface area contributed by atoms with Gasteiger partial charge in [-0.2, -0.15) is 8.78 Å². The number of amides is 2. The molecule has 2 aromatic carbocycles. The molecule has 154 valence electrons. The Morgan fingerprint density at radius 2 is 1.90 bits per heavy atom. The molecule has 1 fully saturated rings. The molecule has 1 aliphatic rings. The molecule has 1 heterocycles. The first kappa shape index (κ1) is 21.0. The van der Waals surface area contributed by atoms with Gasteiger partial charge in [-0.3, -0.25) is 9.59 Å². The van der Waals surface area contributed by atoms with Crippen molar-refractivity contribution in [1.82, 2.24) is 4.90 Å². The van der Waals surface area contributed by atoms with Crippen LogP contribution in [0.4, 0.5) is 14.5 Å². The first-order valence-electron chi connectivity index (χ1n) is 8.89. The van der Waals surface area contributed by atoms with E-state index in [2.05, 4.69) is 26.0 Å². The van der Waals surface area contributed by atoms with Crippen LogP contribution in [-0.4, -0.2) is 43.0 Å². The van der Waals surface area contributed by atoms with Crippen LogP contribution in [-0.2, 0) is 4.79 Å². The van der Waals surface area contributed by atoms with E-state index in [1.807, 2.05) is 0 Å². The largest absolute Gasteiger partial charge is 0.493 e. The summed E-state index contributed by atoms with van der Waals surface area (Å²) in [6, 6.07) is 10.5. The second kappa shape index (κ2) is 9.21. The minimum Gasteiger partial charge on any atom is -0.493 e. The molecule has 1 N–H and O–H groups in total. The molecule has 0 saturated carbocycles. The van der Waals surface area contributed by atoms with E-state index in [-0.39, 0.29) is 29.0 Å². The zero-order chi connectivity index (χ0) is 21.0. The van der Waals surface area contributed by atoms with E-state index in [0.717, 1.165) is 4.47 Å². The van der Waals surface area contributed by atoms with Crippen molar-refractivity contribution in [2.24, 2.45) is 0 Å². The Morgan fingerprint density at radius 1 is 1.17 bits per heavy atom. The van der Waals surface area contributed by atoms with Gasteiger partial charge in [0.1, 0.15) is 6.04 Å². The fourth-order valence-corrected chi connectivity index (χ4v) is 3.47. The zero-order valence-corrected chi connectivity index (χ0v) is 17.1. The van der Waals surface area contributed by atoms with Gasteiger partial charge in [0.05, 0.1) is 7.11 Å². The molecular formula is C20H19BrF2N2O4.